The van der Waals surface area contributed by atoms with Crippen molar-refractivity contribution in [2.24, 2.45) is 35.5 Å². The van der Waals surface area contributed by atoms with Crippen molar-refractivity contribution < 1.29 is 29.0 Å². The number of rotatable bonds is 7. The van der Waals surface area contributed by atoms with Gasteiger partial charge >= 0.3 is 10.8 Å². The number of methoxy groups -OCH3 is 2. The van der Waals surface area contributed by atoms with Crippen LogP contribution in [-0.2, 0) is 14.4 Å². The highest BCUT2D eigenvalue weighted by Crippen LogP contribution is 2.68. The maximum absolute atomic E-state index is 13.8. The van der Waals surface area contributed by atoms with Gasteiger partial charge in [0, 0.05) is 16.0 Å². The Morgan fingerprint density at radius 2 is 1.79 bits per heavy atom. The molecule has 1 saturated heterocycles. The summed E-state index contributed by atoms with van der Waals surface area (Å²) in [5, 5.41) is 10.8. The van der Waals surface area contributed by atoms with Crippen LogP contribution in [0.25, 0.3) is 0 Å². The van der Waals surface area contributed by atoms with Gasteiger partial charge < -0.3 is 19.6 Å². The number of carboxylic acids is 1. The summed E-state index contributed by atoms with van der Waals surface area (Å²) in [4.78, 5) is 57.0. The number of carbonyl (C=O) groups is 3. The van der Waals surface area contributed by atoms with E-state index in [9.17, 15) is 24.3 Å². The molecule has 3 heterocycles. The molecule has 0 unspecified atom stereocenters. The number of aromatic amines is 1. The second kappa shape index (κ2) is 9.15. The van der Waals surface area contributed by atoms with Gasteiger partial charge in [0.15, 0.2) is 11.5 Å². The largest absolute Gasteiger partial charge is 0.493 e. The van der Waals surface area contributed by atoms with Crippen LogP contribution >= 0.6 is 23.1 Å². The molecule has 2 aliphatic carbocycles. The van der Waals surface area contributed by atoms with Crippen molar-refractivity contribution in [3.8, 4) is 11.5 Å². The molecule has 2 amide bonds. The highest BCUT2D eigenvalue weighted by atomic mass is 32.2. The number of aromatic nitrogens is 1. The highest BCUT2D eigenvalue weighted by Gasteiger charge is 2.70. The molecular formula is C27H30N2O7S2. The average Bonchev–Trinajstić information content (AvgIpc) is 3.61. The van der Waals surface area contributed by atoms with E-state index in [1.807, 2.05) is 32.0 Å². The highest BCUT2D eigenvalue weighted by molar-refractivity contribution is 8.00. The smallest absolute Gasteiger partial charge is 0.326 e. The first-order valence-electron chi connectivity index (χ1n) is 12.9. The van der Waals surface area contributed by atoms with E-state index in [1.165, 1.54) is 11.3 Å². The first kappa shape index (κ1) is 25.5. The zero-order valence-corrected chi connectivity index (χ0v) is 23.1. The minimum atomic E-state index is -1.14. The van der Waals surface area contributed by atoms with Crippen LogP contribution in [-0.4, -0.2) is 58.3 Å². The number of nitrogens with one attached hydrogen (secondary N) is 1. The number of fused-ring (bicyclic) bond motifs is 9. The lowest BCUT2D eigenvalue weighted by molar-refractivity contribution is -0.156. The van der Waals surface area contributed by atoms with Gasteiger partial charge in [0.1, 0.15) is 6.04 Å². The van der Waals surface area contributed by atoms with Crippen molar-refractivity contribution in [1.82, 2.24) is 9.88 Å². The molecule has 0 spiro atoms. The van der Waals surface area contributed by atoms with Crippen LogP contribution in [0.4, 0.5) is 0 Å². The third-order valence-corrected chi connectivity index (χ3v) is 11.4. The summed E-state index contributed by atoms with van der Waals surface area (Å²) in [7, 11) is 3.16. The Bertz CT molecular complexity index is 1380. The van der Waals surface area contributed by atoms with Crippen molar-refractivity contribution >= 4 is 40.9 Å². The fourth-order valence-corrected chi connectivity index (χ4v) is 10.4. The molecule has 6 rings (SSSR count). The van der Waals surface area contributed by atoms with Gasteiger partial charge in [-0.05, 0) is 54.2 Å². The minimum absolute atomic E-state index is 0.0216. The number of likely N-dealkylation sites (tertiary alicyclic amines) is 1. The number of hydrogen-bond donors (Lipinski definition) is 2. The van der Waals surface area contributed by atoms with E-state index < -0.39 is 23.8 Å². The molecule has 1 aromatic carbocycles. The van der Waals surface area contributed by atoms with Gasteiger partial charge in [0.05, 0.1) is 31.1 Å². The van der Waals surface area contributed by atoms with Crippen molar-refractivity contribution in [1.29, 1.82) is 0 Å². The number of hydrogen-bond acceptors (Lipinski definition) is 8. The van der Waals surface area contributed by atoms with E-state index in [-0.39, 0.29) is 57.9 Å². The van der Waals surface area contributed by atoms with Crippen LogP contribution in [0.5, 0.6) is 11.5 Å². The van der Waals surface area contributed by atoms with E-state index in [0.717, 1.165) is 26.8 Å². The number of thioether (sulfide) groups is 1. The van der Waals surface area contributed by atoms with Crippen molar-refractivity contribution in [3.63, 3.8) is 0 Å². The maximum atomic E-state index is 13.8. The molecule has 8 atom stereocenters. The Morgan fingerprint density at radius 3 is 2.42 bits per heavy atom. The summed E-state index contributed by atoms with van der Waals surface area (Å²) in [6.45, 7) is 3.78. The predicted molar refractivity (Wildman–Crippen MR) is 141 cm³/mol. The third-order valence-electron chi connectivity index (χ3n) is 8.82. The van der Waals surface area contributed by atoms with Gasteiger partial charge in [0.25, 0.3) is 0 Å². The SMILES string of the molecule is COc1ccc([C@@H]2c3sc(=O)[nH]c3S[C@@H]3[C@H]4C[C@@H]([C@@H]5C(=O)N([C@@H](CC(C)C)C(=O)O)C(=O)[C@@H]45)[C@@H]23)cc1OC. The Labute approximate surface area is 227 Å². The Morgan fingerprint density at radius 1 is 1.11 bits per heavy atom. The van der Waals surface area contributed by atoms with E-state index in [1.54, 1.807) is 26.0 Å². The molecule has 1 aromatic heterocycles. The standard InChI is InChI=1S/C27H30N2O7S2/c1-10(2)7-14(26(32)33)29-24(30)19-12-9-13(20(19)25(29)31)21-18(12)17(22-23(37-21)28-27(34)38-22)11-5-6-15(35-3)16(8-11)36-4/h5-6,8,10,12-14,17-21H,7,9H2,1-4H3,(H,28,34)(H,32,33)/t12-,13+,14+,17+,18+,19+,20+,21-/m1/s1. The first-order chi connectivity index (χ1) is 18.2. The van der Waals surface area contributed by atoms with Crippen LogP contribution in [0.15, 0.2) is 28.0 Å². The molecule has 2 bridgehead atoms. The Kier molecular flexibility index (Phi) is 6.14. The Balaban J connectivity index is 1.43. The van der Waals surface area contributed by atoms with Gasteiger partial charge in [-0.3, -0.25) is 19.3 Å². The number of carbonyl (C=O) groups excluding carboxylic acids is 2. The summed E-state index contributed by atoms with van der Waals surface area (Å²) >= 11 is 2.80. The topological polar surface area (TPSA) is 126 Å². The quantitative estimate of drug-likeness (QED) is 0.495. The predicted octanol–water partition coefficient (Wildman–Crippen LogP) is 3.43. The van der Waals surface area contributed by atoms with Crippen LogP contribution in [0.3, 0.4) is 0 Å². The van der Waals surface area contributed by atoms with Crippen LogP contribution in [0.2, 0.25) is 0 Å². The zero-order valence-electron chi connectivity index (χ0n) is 21.5. The molecule has 2 saturated carbocycles. The number of benzene rings is 1. The zero-order chi connectivity index (χ0) is 27.0. The van der Waals surface area contributed by atoms with Gasteiger partial charge in [-0.1, -0.05) is 31.3 Å². The second-order valence-corrected chi connectivity index (χ2v) is 13.3. The maximum Gasteiger partial charge on any atom is 0.326 e. The molecule has 202 valence electrons. The average molecular weight is 559 g/mol. The number of imide groups is 1. The summed E-state index contributed by atoms with van der Waals surface area (Å²) in [5.41, 5.74) is 0.968. The molecule has 11 heteroatoms. The van der Waals surface area contributed by atoms with E-state index >= 15 is 0 Å². The molecule has 9 nitrogen and oxygen atoms in total. The van der Waals surface area contributed by atoms with Gasteiger partial charge in [-0.15, -0.1) is 11.8 Å². The van der Waals surface area contributed by atoms with E-state index in [2.05, 4.69) is 4.98 Å². The van der Waals surface area contributed by atoms with E-state index in [0.29, 0.717) is 11.5 Å². The van der Waals surface area contributed by atoms with Crippen LogP contribution in [0.1, 0.15) is 43.0 Å². The fraction of sp³-hybridized carbons (Fsp3) is 0.556. The van der Waals surface area contributed by atoms with Crippen LogP contribution < -0.4 is 14.3 Å². The minimum Gasteiger partial charge on any atom is -0.493 e. The third kappa shape index (κ3) is 3.57. The van der Waals surface area contributed by atoms with Gasteiger partial charge in [-0.25, -0.2) is 4.79 Å². The van der Waals surface area contributed by atoms with Crippen LogP contribution in [0, 0.1) is 35.5 Å². The number of amides is 2. The fourth-order valence-electron chi connectivity index (χ4n) is 7.53. The lowest BCUT2D eigenvalue weighted by Gasteiger charge is -2.43. The number of nitrogens with zero attached hydrogens (tertiary/aromatic N) is 1. The number of ether oxygens (including phenoxy) is 2. The molecular weight excluding hydrogens is 528 g/mol. The molecule has 3 fully saturated rings. The van der Waals surface area contributed by atoms with Gasteiger partial charge in [0.2, 0.25) is 11.8 Å². The number of carboxylic acid groups (broad SMARTS) is 1. The molecule has 2 aromatic rings. The number of H-pyrrole nitrogens is 1. The number of thiazole rings is 1. The normalized spacial score (nSPS) is 31.8. The summed E-state index contributed by atoms with van der Waals surface area (Å²) in [5.74, 6) is -1.92. The number of aliphatic carboxylic acids is 1. The van der Waals surface area contributed by atoms with Gasteiger partial charge in [-0.2, -0.15) is 0 Å². The molecule has 2 aliphatic heterocycles. The summed E-state index contributed by atoms with van der Waals surface area (Å²) < 4.78 is 11.0. The Hall–Kier alpha value is -2.79. The first-order valence-corrected chi connectivity index (χ1v) is 14.6. The summed E-state index contributed by atoms with van der Waals surface area (Å²) in [6, 6.07) is 4.62. The lowest BCUT2D eigenvalue weighted by atomic mass is 9.68. The molecule has 4 aliphatic rings. The van der Waals surface area contributed by atoms with E-state index in [4.69, 9.17) is 9.47 Å². The lowest BCUT2D eigenvalue weighted by Crippen LogP contribution is -2.47. The molecule has 2 N–H and O–H groups in total. The molecule has 0 radical (unpaired) electrons. The molecule has 38 heavy (non-hydrogen) atoms. The second-order valence-electron chi connectivity index (χ2n) is 11.1. The van der Waals surface area contributed by atoms with Crippen molar-refractivity contribution in [3.05, 3.63) is 38.3 Å². The van der Waals surface area contributed by atoms with Crippen molar-refractivity contribution in [2.45, 2.75) is 48.9 Å². The summed E-state index contributed by atoms with van der Waals surface area (Å²) in [6.07, 6.45) is 0.976. The monoisotopic (exact) mass is 558 g/mol. The van der Waals surface area contributed by atoms with Crippen molar-refractivity contribution in [2.75, 3.05) is 14.2 Å².